The first-order valence-electron chi connectivity index (χ1n) is 7.06. The maximum absolute atomic E-state index is 5.53. The maximum atomic E-state index is 5.53. The minimum absolute atomic E-state index is 0.745. The van der Waals surface area contributed by atoms with Crippen LogP contribution < -0.4 is 5.32 Å². The summed E-state index contributed by atoms with van der Waals surface area (Å²) in [5, 5.41) is 3.50. The van der Waals surface area contributed by atoms with Gasteiger partial charge in [0, 0.05) is 19.0 Å². The van der Waals surface area contributed by atoms with Gasteiger partial charge in [0.05, 0.1) is 5.69 Å². The van der Waals surface area contributed by atoms with E-state index in [-0.39, 0.29) is 0 Å². The fraction of sp³-hybridized carbons (Fsp3) is 0.786. The van der Waals surface area contributed by atoms with Gasteiger partial charge in [0.2, 0.25) is 0 Å². The Kier molecular flexibility index (Phi) is 3.46. The summed E-state index contributed by atoms with van der Waals surface area (Å²) in [5.41, 5.74) is 1.13. The number of nitrogens with one attached hydrogen (secondary N) is 1. The van der Waals surface area contributed by atoms with E-state index in [0.29, 0.717) is 0 Å². The molecule has 0 atom stereocenters. The Morgan fingerprint density at radius 3 is 2.82 bits per heavy atom. The lowest BCUT2D eigenvalue weighted by Gasteiger charge is -2.07. The highest BCUT2D eigenvalue weighted by Crippen LogP contribution is 2.29. The molecule has 0 amide bonds. The first-order chi connectivity index (χ1) is 8.42. The van der Waals surface area contributed by atoms with Gasteiger partial charge in [0.1, 0.15) is 5.76 Å². The minimum atomic E-state index is 0.745. The molecule has 0 spiro atoms. The van der Waals surface area contributed by atoms with E-state index in [1.165, 1.54) is 44.9 Å². The zero-order valence-corrected chi connectivity index (χ0v) is 10.5. The molecule has 0 aromatic carbocycles. The molecule has 0 unspecified atom stereocenters. The van der Waals surface area contributed by atoms with Crippen LogP contribution in [0.2, 0.25) is 0 Å². The second-order valence-electron chi connectivity index (χ2n) is 5.57. The Bertz CT molecular complexity index is 351. The molecule has 94 valence electrons. The lowest BCUT2D eigenvalue weighted by Crippen LogP contribution is -2.16. The smallest absolute Gasteiger partial charge is 0.181 e. The summed E-state index contributed by atoms with van der Waals surface area (Å²) in [6, 6.07) is 0.745. The third-order valence-corrected chi connectivity index (χ3v) is 4.12. The number of aromatic nitrogens is 1. The zero-order valence-electron chi connectivity index (χ0n) is 10.5. The van der Waals surface area contributed by atoms with Crippen LogP contribution >= 0.6 is 0 Å². The Morgan fingerprint density at radius 1 is 1.24 bits per heavy atom. The van der Waals surface area contributed by atoms with Crippen LogP contribution in [-0.2, 0) is 13.0 Å². The summed E-state index contributed by atoms with van der Waals surface area (Å²) < 4.78 is 5.53. The highest BCUT2D eigenvalue weighted by Gasteiger charge is 2.22. The van der Waals surface area contributed by atoms with Crippen LogP contribution in [-0.4, -0.2) is 11.0 Å². The average molecular weight is 234 g/mol. The van der Waals surface area contributed by atoms with Crippen LogP contribution in [0.1, 0.15) is 56.4 Å². The molecule has 2 fully saturated rings. The molecular formula is C14H22N2O. The lowest BCUT2D eigenvalue weighted by atomic mass is 10.0. The van der Waals surface area contributed by atoms with Crippen molar-refractivity contribution in [1.82, 2.24) is 10.3 Å². The van der Waals surface area contributed by atoms with Crippen LogP contribution in [0.4, 0.5) is 0 Å². The Morgan fingerprint density at radius 2 is 2.06 bits per heavy atom. The van der Waals surface area contributed by atoms with Gasteiger partial charge in [-0.25, -0.2) is 4.98 Å². The van der Waals surface area contributed by atoms with Crippen molar-refractivity contribution in [3.63, 3.8) is 0 Å². The summed E-state index contributed by atoms with van der Waals surface area (Å²) in [6.07, 6.45) is 12.3. The Balaban J connectivity index is 1.48. The molecule has 1 aromatic heterocycles. The standard InChI is InChI=1S/C14H22N2O/c1-2-4-11(3-1)5-8-14-13(16-10-17-14)9-15-12-6-7-12/h10-12,15H,1-9H2. The molecule has 2 aliphatic rings. The van der Waals surface area contributed by atoms with Gasteiger partial charge < -0.3 is 9.73 Å². The van der Waals surface area contributed by atoms with Crippen LogP contribution in [0.5, 0.6) is 0 Å². The maximum Gasteiger partial charge on any atom is 0.181 e. The molecular weight excluding hydrogens is 212 g/mol. The van der Waals surface area contributed by atoms with Crippen molar-refractivity contribution >= 4 is 0 Å². The molecule has 0 bridgehead atoms. The Labute approximate surface area is 103 Å². The monoisotopic (exact) mass is 234 g/mol. The van der Waals surface area contributed by atoms with E-state index in [1.54, 1.807) is 6.39 Å². The average Bonchev–Trinajstić information content (AvgIpc) is 2.86. The molecule has 0 radical (unpaired) electrons. The van der Waals surface area contributed by atoms with E-state index in [1.807, 2.05) is 0 Å². The van der Waals surface area contributed by atoms with E-state index in [9.17, 15) is 0 Å². The molecule has 0 aliphatic heterocycles. The number of nitrogens with zero attached hydrogens (tertiary/aromatic N) is 1. The molecule has 2 aliphatic carbocycles. The minimum Gasteiger partial charge on any atom is -0.448 e. The molecule has 1 heterocycles. The fourth-order valence-corrected chi connectivity index (χ4v) is 2.80. The third kappa shape index (κ3) is 3.09. The number of hydrogen-bond acceptors (Lipinski definition) is 3. The van der Waals surface area contributed by atoms with E-state index >= 15 is 0 Å². The van der Waals surface area contributed by atoms with Crippen molar-refractivity contribution < 1.29 is 4.42 Å². The van der Waals surface area contributed by atoms with Crippen molar-refractivity contribution in [2.75, 3.05) is 0 Å². The molecule has 3 nitrogen and oxygen atoms in total. The van der Waals surface area contributed by atoms with Crippen LogP contribution in [0.15, 0.2) is 10.8 Å². The predicted octanol–water partition coefficient (Wildman–Crippen LogP) is 3.05. The van der Waals surface area contributed by atoms with Gasteiger partial charge in [-0.15, -0.1) is 0 Å². The lowest BCUT2D eigenvalue weighted by molar-refractivity contribution is 0.442. The molecule has 1 N–H and O–H groups in total. The fourth-order valence-electron chi connectivity index (χ4n) is 2.80. The summed E-state index contributed by atoms with van der Waals surface area (Å²) >= 11 is 0. The highest BCUT2D eigenvalue weighted by atomic mass is 16.3. The van der Waals surface area contributed by atoms with E-state index < -0.39 is 0 Å². The highest BCUT2D eigenvalue weighted by molar-refractivity contribution is 5.08. The van der Waals surface area contributed by atoms with Crippen LogP contribution in [0.3, 0.4) is 0 Å². The van der Waals surface area contributed by atoms with E-state index in [2.05, 4.69) is 10.3 Å². The number of oxazole rings is 1. The normalized spacial score (nSPS) is 21.2. The summed E-state index contributed by atoms with van der Waals surface area (Å²) in [6.45, 7) is 0.890. The molecule has 0 saturated heterocycles. The van der Waals surface area contributed by atoms with Crippen molar-refractivity contribution in [2.24, 2.45) is 5.92 Å². The summed E-state index contributed by atoms with van der Waals surface area (Å²) in [4.78, 5) is 4.33. The second-order valence-corrected chi connectivity index (χ2v) is 5.57. The molecule has 3 rings (SSSR count). The summed E-state index contributed by atoms with van der Waals surface area (Å²) in [7, 11) is 0. The van der Waals surface area contributed by atoms with Gasteiger partial charge >= 0.3 is 0 Å². The number of rotatable bonds is 6. The predicted molar refractivity (Wildman–Crippen MR) is 66.6 cm³/mol. The quantitative estimate of drug-likeness (QED) is 0.822. The van der Waals surface area contributed by atoms with Crippen LogP contribution in [0, 0.1) is 5.92 Å². The van der Waals surface area contributed by atoms with Crippen LogP contribution in [0.25, 0.3) is 0 Å². The molecule has 1 aromatic rings. The third-order valence-electron chi connectivity index (χ3n) is 4.12. The number of hydrogen-bond donors (Lipinski definition) is 1. The first-order valence-corrected chi connectivity index (χ1v) is 7.06. The Hall–Kier alpha value is -0.830. The van der Waals surface area contributed by atoms with Gasteiger partial charge in [-0.1, -0.05) is 25.7 Å². The van der Waals surface area contributed by atoms with Gasteiger partial charge in [0.25, 0.3) is 0 Å². The van der Waals surface area contributed by atoms with Gasteiger partial charge in [0.15, 0.2) is 6.39 Å². The summed E-state index contributed by atoms with van der Waals surface area (Å²) in [5.74, 6) is 2.05. The largest absolute Gasteiger partial charge is 0.448 e. The van der Waals surface area contributed by atoms with Crippen molar-refractivity contribution in [3.8, 4) is 0 Å². The van der Waals surface area contributed by atoms with Crippen molar-refractivity contribution in [1.29, 1.82) is 0 Å². The number of aryl methyl sites for hydroxylation is 1. The van der Waals surface area contributed by atoms with Crippen molar-refractivity contribution in [2.45, 2.75) is 64.0 Å². The molecule has 2 saturated carbocycles. The molecule has 17 heavy (non-hydrogen) atoms. The second kappa shape index (κ2) is 5.21. The first kappa shape index (κ1) is 11.3. The van der Waals surface area contributed by atoms with E-state index in [0.717, 1.165) is 36.4 Å². The zero-order chi connectivity index (χ0) is 11.5. The topological polar surface area (TPSA) is 38.1 Å². The van der Waals surface area contributed by atoms with E-state index in [4.69, 9.17) is 4.42 Å². The van der Waals surface area contributed by atoms with Gasteiger partial charge in [-0.3, -0.25) is 0 Å². The SMILES string of the molecule is c1nc(CNC2CC2)c(CCC2CCCC2)o1. The van der Waals surface area contributed by atoms with Gasteiger partial charge in [-0.2, -0.15) is 0 Å². The molecule has 3 heteroatoms. The van der Waals surface area contributed by atoms with Crippen molar-refractivity contribution in [3.05, 3.63) is 17.8 Å². The van der Waals surface area contributed by atoms with Gasteiger partial charge in [-0.05, 0) is 25.2 Å².